The van der Waals surface area contributed by atoms with Crippen LogP contribution in [0.3, 0.4) is 0 Å². The van der Waals surface area contributed by atoms with Crippen molar-refractivity contribution in [3.05, 3.63) is 30.5 Å². The summed E-state index contributed by atoms with van der Waals surface area (Å²) in [6.45, 7) is -0.286. The standard InChI is InChI=1S/C11H8N6O2S/c18-10(19)6-17-11(14-15-16-17)20-9-5-12-13-8-4-2-1-3-7(8)9/h1-5H,6H2,(H,18,19). The van der Waals surface area contributed by atoms with E-state index >= 15 is 0 Å². The molecule has 0 spiro atoms. The van der Waals surface area contributed by atoms with Crippen LogP contribution in [0.2, 0.25) is 0 Å². The van der Waals surface area contributed by atoms with Gasteiger partial charge in [0, 0.05) is 10.3 Å². The fourth-order valence-electron chi connectivity index (χ4n) is 1.66. The molecule has 0 unspecified atom stereocenters. The number of carboxylic acids is 1. The second-order valence-corrected chi connectivity index (χ2v) is 4.85. The predicted molar refractivity (Wildman–Crippen MR) is 69.1 cm³/mol. The molecule has 20 heavy (non-hydrogen) atoms. The summed E-state index contributed by atoms with van der Waals surface area (Å²) in [5.74, 6) is -1.00. The molecule has 8 nitrogen and oxygen atoms in total. The van der Waals surface area contributed by atoms with E-state index in [2.05, 4.69) is 25.7 Å². The second kappa shape index (κ2) is 5.21. The van der Waals surface area contributed by atoms with E-state index in [0.717, 1.165) is 15.8 Å². The lowest BCUT2D eigenvalue weighted by Crippen LogP contribution is -2.11. The number of rotatable bonds is 4. The number of tetrazole rings is 1. The average molecular weight is 288 g/mol. The van der Waals surface area contributed by atoms with Gasteiger partial charge in [0.05, 0.1) is 11.7 Å². The zero-order valence-corrected chi connectivity index (χ0v) is 10.9. The number of hydrogen-bond donors (Lipinski definition) is 1. The summed E-state index contributed by atoms with van der Waals surface area (Å²) in [6, 6.07) is 7.54. The van der Waals surface area contributed by atoms with Gasteiger partial charge < -0.3 is 5.11 Å². The Morgan fingerprint density at radius 3 is 3.00 bits per heavy atom. The maximum Gasteiger partial charge on any atom is 0.325 e. The van der Waals surface area contributed by atoms with Gasteiger partial charge >= 0.3 is 5.97 Å². The molecule has 0 aliphatic heterocycles. The molecule has 1 aromatic carbocycles. The topological polar surface area (TPSA) is 107 Å². The number of carbonyl (C=O) groups is 1. The van der Waals surface area contributed by atoms with Gasteiger partial charge in [-0.15, -0.1) is 5.10 Å². The molecule has 0 aliphatic rings. The van der Waals surface area contributed by atoms with E-state index < -0.39 is 5.97 Å². The number of benzene rings is 1. The van der Waals surface area contributed by atoms with Gasteiger partial charge in [-0.3, -0.25) is 4.79 Å². The number of fused-ring (bicyclic) bond motifs is 1. The van der Waals surface area contributed by atoms with Crippen molar-refractivity contribution in [2.24, 2.45) is 0 Å². The Bertz CT molecular complexity index is 769. The van der Waals surface area contributed by atoms with Crippen molar-refractivity contribution >= 4 is 28.6 Å². The summed E-state index contributed by atoms with van der Waals surface area (Å²) in [4.78, 5) is 11.6. The van der Waals surface area contributed by atoms with Crippen molar-refractivity contribution in [3.63, 3.8) is 0 Å². The van der Waals surface area contributed by atoms with Crippen LogP contribution in [0.15, 0.2) is 40.5 Å². The van der Waals surface area contributed by atoms with Crippen LogP contribution in [-0.4, -0.2) is 41.5 Å². The molecule has 0 radical (unpaired) electrons. The summed E-state index contributed by atoms with van der Waals surface area (Å²) in [6.07, 6.45) is 1.60. The Kier molecular flexibility index (Phi) is 3.25. The number of hydrogen-bond acceptors (Lipinski definition) is 7. The molecule has 100 valence electrons. The molecule has 1 N–H and O–H groups in total. The fourth-order valence-corrected chi connectivity index (χ4v) is 2.52. The quantitative estimate of drug-likeness (QED) is 0.753. The van der Waals surface area contributed by atoms with Crippen LogP contribution in [0, 0.1) is 0 Å². The lowest BCUT2D eigenvalue weighted by molar-refractivity contribution is -0.138. The summed E-state index contributed by atoms with van der Waals surface area (Å²) in [5.41, 5.74) is 0.759. The van der Waals surface area contributed by atoms with E-state index in [1.807, 2.05) is 24.3 Å². The van der Waals surface area contributed by atoms with Crippen LogP contribution in [0.25, 0.3) is 10.9 Å². The van der Waals surface area contributed by atoms with E-state index in [0.29, 0.717) is 5.16 Å². The van der Waals surface area contributed by atoms with E-state index in [4.69, 9.17) is 5.11 Å². The lowest BCUT2D eigenvalue weighted by Gasteiger charge is -2.04. The predicted octanol–water partition coefficient (Wildman–Crippen LogP) is 0.852. The van der Waals surface area contributed by atoms with E-state index in [9.17, 15) is 4.79 Å². The molecule has 0 atom stereocenters. The highest BCUT2D eigenvalue weighted by atomic mass is 32.2. The van der Waals surface area contributed by atoms with Crippen molar-refractivity contribution in [3.8, 4) is 0 Å². The van der Waals surface area contributed by atoms with E-state index in [-0.39, 0.29) is 6.54 Å². The van der Waals surface area contributed by atoms with Gasteiger partial charge in [-0.2, -0.15) is 10.2 Å². The van der Waals surface area contributed by atoms with E-state index in [1.165, 1.54) is 16.4 Å². The van der Waals surface area contributed by atoms with Crippen LogP contribution in [-0.2, 0) is 11.3 Å². The Balaban J connectivity index is 1.98. The number of aliphatic carboxylic acids is 1. The first-order valence-electron chi connectivity index (χ1n) is 5.60. The second-order valence-electron chi connectivity index (χ2n) is 3.84. The van der Waals surface area contributed by atoms with Crippen molar-refractivity contribution in [1.29, 1.82) is 0 Å². The largest absolute Gasteiger partial charge is 0.480 e. The molecular formula is C11H8N6O2S. The third kappa shape index (κ3) is 2.43. The molecule has 0 saturated carbocycles. The van der Waals surface area contributed by atoms with Crippen molar-refractivity contribution in [2.75, 3.05) is 0 Å². The van der Waals surface area contributed by atoms with Crippen molar-refractivity contribution in [2.45, 2.75) is 16.6 Å². The molecule has 0 saturated heterocycles. The van der Waals surface area contributed by atoms with Crippen LogP contribution in [0.1, 0.15) is 0 Å². The monoisotopic (exact) mass is 288 g/mol. The van der Waals surface area contributed by atoms with Crippen LogP contribution < -0.4 is 0 Å². The highest BCUT2D eigenvalue weighted by molar-refractivity contribution is 7.99. The maximum absolute atomic E-state index is 10.7. The molecule has 0 amide bonds. The summed E-state index contributed by atoms with van der Waals surface area (Å²) < 4.78 is 1.22. The summed E-state index contributed by atoms with van der Waals surface area (Å²) in [7, 11) is 0. The van der Waals surface area contributed by atoms with Crippen LogP contribution >= 0.6 is 11.8 Å². The van der Waals surface area contributed by atoms with Gasteiger partial charge in [-0.05, 0) is 28.3 Å². The van der Waals surface area contributed by atoms with Gasteiger partial charge in [0.2, 0.25) is 5.16 Å². The third-order valence-corrected chi connectivity index (χ3v) is 3.52. The van der Waals surface area contributed by atoms with Crippen molar-refractivity contribution < 1.29 is 9.90 Å². The smallest absolute Gasteiger partial charge is 0.325 e. The van der Waals surface area contributed by atoms with Crippen LogP contribution in [0.4, 0.5) is 0 Å². The van der Waals surface area contributed by atoms with Gasteiger partial charge in [-0.1, -0.05) is 18.2 Å². The minimum atomic E-state index is -1.00. The third-order valence-electron chi connectivity index (χ3n) is 2.50. The van der Waals surface area contributed by atoms with Gasteiger partial charge in [0.1, 0.15) is 6.54 Å². The SMILES string of the molecule is O=C(O)Cn1nnnc1Sc1cnnc2ccccc12. The molecule has 2 heterocycles. The Hall–Kier alpha value is -2.55. The molecular weight excluding hydrogens is 280 g/mol. The molecule has 9 heteroatoms. The van der Waals surface area contributed by atoms with Gasteiger partial charge in [-0.25, -0.2) is 4.68 Å². The molecule has 0 bridgehead atoms. The molecule has 0 fully saturated rings. The number of aromatic nitrogens is 6. The maximum atomic E-state index is 10.7. The molecule has 2 aromatic heterocycles. The lowest BCUT2D eigenvalue weighted by atomic mass is 10.2. The van der Waals surface area contributed by atoms with Gasteiger partial charge in [0.15, 0.2) is 0 Å². The average Bonchev–Trinajstić information content (AvgIpc) is 2.86. The Morgan fingerprint density at radius 1 is 1.30 bits per heavy atom. The minimum Gasteiger partial charge on any atom is -0.480 e. The first kappa shape index (κ1) is 12.5. The van der Waals surface area contributed by atoms with Gasteiger partial charge in [0.25, 0.3) is 0 Å². The first-order valence-corrected chi connectivity index (χ1v) is 6.42. The van der Waals surface area contributed by atoms with E-state index in [1.54, 1.807) is 6.20 Å². The highest BCUT2D eigenvalue weighted by Crippen LogP contribution is 2.30. The zero-order chi connectivity index (χ0) is 13.9. The fraction of sp³-hybridized carbons (Fsp3) is 0.0909. The van der Waals surface area contributed by atoms with Crippen LogP contribution in [0.5, 0.6) is 0 Å². The van der Waals surface area contributed by atoms with Crippen molar-refractivity contribution in [1.82, 2.24) is 30.4 Å². The summed E-state index contributed by atoms with van der Waals surface area (Å²) in [5, 5.41) is 29.0. The molecule has 3 aromatic rings. The first-order chi connectivity index (χ1) is 9.74. The number of carboxylic acid groups (broad SMARTS) is 1. The normalized spacial score (nSPS) is 10.8. The molecule has 0 aliphatic carbocycles. The number of nitrogens with zero attached hydrogens (tertiary/aromatic N) is 6. The summed E-state index contributed by atoms with van der Waals surface area (Å²) >= 11 is 1.25. The molecule has 3 rings (SSSR count). The zero-order valence-electron chi connectivity index (χ0n) is 10.0. The Labute approximate surface area is 116 Å². The highest BCUT2D eigenvalue weighted by Gasteiger charge is 2.13. The minimum absolute atomic E-state index is 0.286. The Morgan fingerprint density at radius 2 is 2.15 bits per heavy atom.